The van der Waals surface area contributed by atoms with E-state index in [9.17, 15) is 18.0 Å². The lowest BCUT2D eigenvalue weighted by atomic mass is 10.1. The number of hydrogen-bond donors (Lipinski definition) is 2. The molecular formula is C18H15F3N4O. The normalized spacial score (nSPS) is 10.7. The molecule has 0 fully saturated rings. The van der Waals surface area contributed by atoms with Crippen LogP contribution < -0.4 is 5.32 Å². The van der Waals surface area contributed by atoms with Crippen molar-refractivity contribution in [3.8, 4) is 0 Å². The van der Waals surface area contributed by atoms with Gasteiger partial charge in [0.1, 0.15) is 11.6 Å². The molecule has 0 radical (unpaired) electrons. The van der Waals surface area contributed by atoms with E-state index in [1.165, 1.54) is 0 Å². The second-order valence-electron chi connectivity index (χ2n) is 5.67. The van der Waals surface area contributed by atoms with Crippen molar-refractivity contribution in [1.82, 2.24) is 15.2 Å². The molecule has 0 bridgehead atoms. The third kappa shape index (κ3) is 4.47. The maximum atomic E-state index is 13.6. The third-order valence-electron chi connectivity index (χ3n) is 3.72. The summed E-state index contributed by atoms with van der Waals surface area (Å²) in [6.07, 6.45) is 0.894. The standard InChI is InChI=1S/C18H15F3N4O/c19-13-10-15(21)14(20)8-12(13)9-17(26)23-18-22-16(24-25-18)7-6-11-4-2-1-3-5-11/h1-5,8,10H,6-7,9H2,(H2,22,23,24,25,26). The van der Waals surface area contributed by atoms with Gasteiger partial charge in [-0.3, -0.25) is 15.2 Å². The van der Waals surface area contributed by atoms with Gasteiger partial charge in [-0.05, 0) is 18.1 Å². The van der Waals surface area contributed by atoms with E-state index in [-0.39, 0.29) is 11.5 Å². The topological polar surface area (TPSA) is 70.7 Å². The molecule has 2 N–H and O–H groups in total. The fourth-order valence-corrected chi connectivity index (χ4v) is 2.41. The number of anilines is 1. The highest BCUT2D eigenvalue weighted by Gasteiger charge is 2.14. The molecule has 5 nitrogen and oxygen atoms in total. The maximum Gasteiger partial charge on any atom is 0.248 e. The SMILES string of the molecule is O=C(Cc1cc(F)c(F)cc1F)Nc1n[nH]c(CCc2ccccc2)n1. The molecule has 1 amide bonds. The van der Waals surface area contributed by atoms with Crippen LogP contribution in [0.15, 0.2) is 42.5 Å². The Balaban J connectivity index is 1.57. The molecule has 0 spiro atoms. The largest absolute Gasteiger partial charge is 0.293 e. The second kappa shape index (κ2) is 7.81. The first-order valence-corrected chi connectivity index (χ1v) is 7.90. The molecule has 0 aliphatic heterocycles. The highest BCUT2D eigenvalue weighted by atomic mass is 19.2. The summed E-state index contributed by atoms with van der Waals surface area (Å²) < 4.78 is 39.6. The van der Waals surface area contributed by atoms with Gasteiger partial charge in [-0.1, -0.05) is 30.3 Å². The zero-order valence-electron chi connectivity index (χ0n) is 13.6. The number of benzene rings is 2. The molecule has 0 unspecified atom stereocenters. The lowest BCUT2D eigenvalue weighted by molar-refractivity contribution is -0.115. The van der Waals surface area contributed by atoms with Crippen molar-refractivity contribution >= 4 is 11.9 Å². The van der Waals surface area contributed by atoms with E-state index in [1.807, 2.05) is 30.3 Å². The summed E-state index contributed by atoms with van der Waals surface area (Å²) in [5.41, 5.74) is 0.893. The summed E-state index contributed by atoms with van der Waals surface area (Å²) >= 11 is 0. The third-order valence-corrected chi connectivity index (χ3v) is 3.72. The Morgan fingerprint density at radius 2 is 1.73 bits per heavy atom. The van der Waals surface area contributed by atoms with Crippen LogP contribution in [0.25, 0.3) is 0 Å². The number of halogens is 3. The van der Waals surface area contributed by atoms with Crippen molar-refractivity contribution in [2.24, 2.45) is 0 Å². The van der Waals surface area contributed by atoms with Crippen LogP contribution in [-0.2, 0) is 24.1 Å². The average Bonchev–Trinajstić information content (AvgIpc) is 3.06. The van der Waals surface area contributed by atoms with E-state index in [0.717, 1.165) is 12.0 Å². The molecule has 2 aromatic carbocycles. The summed E-state index contributed by atoms with van der Waals surface area (Å²) in [6, 6.07) is 10.9. The molecule has 1 heterocycles. The van der Waals surface area contributed by atoms with Gasteiger partial charge in [0.25, 0.3) is 0 Å². The summed E-state index contributed by atoms with van der Waals surface area (Å²) in [5.74, 6) is -3.51. The smallest absolute Gasteiger partial charge is 0.248 e. The van der Waals surface area contributed by atoms with Crippen LogP contribution in [-0.4, -0.2) is 21.1 Å². The summed E-state index contributed by atoms with van der Waals surface area (Å²) in [4.78, 5) is 16.1. The van der Waals surface area contributed by atoms with Gasteiger partial charge in [0.15, 0.2) is 11.6 Å². The Morgan fingerprint density at radius 1 is 1.00 bits per heavy atom. The van der Waals surface area contributed by atoms with Crippen molar-refractivity contribution in [2.45, 2.75) is 19.3 Å². The minimum absolute atomic E-state index is 0.0426. The molecule has 26 heavy (non-hydrogen) atoms. The Labute approximate surface area is 147 Å². The molecule has 0 saturated heterocycles. The first kappa shape index (κ1) is 17.7. The van der Waals surface area contributed by atoms with Gasteiger partial charge in [-0.2, -0.15) is 4.98 Å². The number of H-pyrrole nitrogens is 1. The Bertz CT molecular complexity index is 912. The van der Waals surface area contributed by atoms with Gasteiger partial charge in [-0.15, -0.1) is 5.10 Å². The molecular weight excluding hydrogens is 345 g/mol. The van der Waals surface area contributed by atoms with Crippen molar-refractivity contribution in [2.75, 3.05) is 5.32 Å². The highest BCUT2D eigenvalue weighted by Crippen LogP contribution is 2.15. The number of nitrogens with one attached hydrogen (secondary N) is 2. The number of hydrogen-bond acceptors (Lipinski definition) is 3. The predicted octanol–water partition coefficient (Wildman–Crippen LogP) is 3.19. The first-order chi connectivity index (χ1) is 12.5. The van der Waals surface area contributed by atoms with Crippen LogP contribution >= 0.6 is 0 Å². The molecule has 0 aliphatic rings. The Kier molecular flexibility index (Phi) is 5.31. The summed E-state index contributed by atoms with van der Waals surface area (Å²) in [5, 5.41) is 8.98. The number of carbonyl (C=O) groups is 1. The van der Waals surface area contributed by atoms with E-state index >= 15 is 0 Å². The van der Waals surface area contributed by atoms with Crippen LogP contribution in [0.5, 0.6) is 0 Å². The zero-order chi connectivity index (χ0) is 18.5. The van der Waals surface area contributed by atoms with Crippen molar-refractivity contribution in [3.63, 3.8) is 0 Å². The first-order valence-electron chi connectivity index (χ1n) is 7.90. The number of nitrogens with zero attached hydrogens (tertiary/aromatic N) is 2. The van der Waals surface area contributed by atoms with Gasteiger partial charge >= 0.3 is 0 Å². The lowest BCUT2D eigenvalue weighted by Gasteiger charge is -2.04. The van der Waals surface area contributed by atoms with Gasteiger partial charge in [0.2, 0.25) is 11.9 Å². The van der Waals surface area contributed by atoms with Gasteiger partial charge in [-0.25, -0.2) is 13.2 Å². The summed E-state index contributed by atoms with van der Waals surface area (Å²) in [6.45, 7) is 0. The number of aromatic amines is 1. The molecule has 0 saturated carbocycles. The average molecular weight is 360 g/mol. The van der Waals surface area contributed by atoms with Crippen LogP contribution in [0.4, 0.5) is 19.1 Å². The van der Waals surface area contributed by atoms with Gasteiger partial charge in [0, 0.05) is 18.1 Å². The molecule has 1 aromatic heterocycles. The number of carbonyl (C=O) groups excluding carboxylic acids is 1. The van der Waals surface area contributed by atoms with E-state index in [1.54, 1.807) is 0 Å². The molecule has 134 valence electrons. The highest BCUT2D eigenvalue weighted by molar-refractivity contribution is 5.90. The van der Waals surface area contributed by atoms with Crippen molar-refractivity contribution < 1.29 is 18.0 Å². The monoisotopic (exact) mass is 360 g/mol. The minimum atomic E-state index is -1.30. The van der Waals surface area contributed by atoms with E-state index < -0.39 is 29.8 Å². The molecule has 0 atom stereocenters. The van der Waals surface area contributed by atoms with Crippen LogP contribution in [0.3, 0.4) is 0 Å². The lowest BCUT2D eigenvalue weighted by Crippen LogP contribution is -2.16. The van der Waals surface area contributed by atoms with Crippen LogP contribution in [0.2, 0.25) is 0 Å². The molecule has 8 heteroatoms. The molecule has 3 aromatic rings. The van der Waals surface area contributed by atoms with E-state index in [2.05, 4.69) is 20.5 Å². The fourth-order valence-electron chi connectivity index (χ4n) is 2.41. The minimum Gasteiger partial charge on any atom is -0.293 e. The number of rotatable bonds is 6. The fraction of sp³-hybridized carbons (Fsp3) is 0.167. The molecule has 3 rings (SSSR count). The van der Waals surface area contributed by atoms with Crippen molar-refractivity contribution in [3.05, 3.63) is 76.9 Å². The van der Waals surface area contributed by atoms with Gasteiger partial charge < -0.3 is 0 Å². The van der Waals surface area contributed by atoms with Gasteiger partial charge in [0.05, 0.1) is 6.42 Å². The van der Waals surface area contributed by atoms with Crippen molar-refractivity contribution in [1.29, 1.82) is 0 Å². The number of amides is 1. The van der Waals surface area contributed by atoms with E-state index in [0.29, 0.717) is 24.4 Å². The second-order valence-corrected chi connectivity index (χ2v) is 5.67. The number of aryl methyl sites for hydroxylation is 2. The number of aromatic nitrogens is 3. The van der Waals surface area contributed by atoms with Crippen LogP contribution in [0, 0.1) is 17.5 Å². The Morgan fingerprint density at radius 3 is 2.50 bits per heavy atom. The van der Waals surface area contributed by atoms with E-state index in [4.69, 9.17) is 0 Å². The maximum absolute atomic E-state index is 13.6. The Hall–Kier alpha value is -3.16. The molecule has 0 aliphatic carbocycles. The predicted molar refractivity (Wildman–Crippen MR) is 88.9 cm³/mol. The summed E-state index contributed by atoms with van der Waals surface area (Å²) in [7, 11) is 0. The zero-order valence-corrected chi connectivity index (χ0v) is 13.6. The van der Waals surface area contributed by atoms with Crippen LogP contribution in [0.1, 0.15) is 17.0 Å². The quantitative estimate of drug-likeness (QED) is 0.663.